The zero-order valence-electron chi connectivity index (χ0n) is 15.1. The number of ether oxygens (including phenoxy) is 1. The second-order valence-corrected chi connectivity index (χ2v) is 8.37. The number of aryl methyl sites for hydroxylation is 1. The standard InChI is InChI=1S/C18H17ClN4O3S2/c1-10-7-12(13-8-11(19)3-4-15(13)26-2)14(9-20-10)16(25)21-17-22-23-18(28-17)27-6-5-24/h3-4,7-9,24H,5-6H2,1-2H3,(H,21,22,25). The van der Waals surface area contributed by atoms with Gasteiger partial charge in [0.1, 0.15) is 5.75 Å². The normalized spacial score (nSPS) is 10.7. The Morgan fingerprint density at radius 3 is 2.89 bits per heavy atom. The number of aliphatic hydroxyl groups is 1. The van der Waals surface area contributed by atoms with Gasteiger partial charge in [-0.05, 0) is 31.2 Å². The van der Waals surface area contributed by atoms with Crippen molar-refractivity contribution in [1.82, 2.24) is 15.2 Å². The number of hydrogen-bond donors (Lipinski definition) is 2. The first kappa shape index (κ1) is 20.5. The molecule has 1 aromatic carbocycles. The summed E-state index contributed by atoms with van der Waals surface area (Å²) in [6.07, 6.45) is 1.52. The smallest absolute Gasteiger partial charge is 0.259 e. The van der Waals surface area contributed by atoms with Gasteiger partial charge in [0, 0.05) is 33.8 Å². The molecular weight excluding hydrogens is 420 g/mol. The molecule has 0 spiro atoms. The van der Waals surface area contributed by atoms with Crippen molar-refractivity contribution in [3.8, 4) is 16.9 Å². The van der Waals surface area contributed by atoms with Crippen molar-refractivity contribution >= 4 is 45.7 Å². The Morgan fingerprint density at radius 1 is 1.32 bits per heavy atom. The average molecular weight is 437 g/mol. The lowest BCUT2D eigenvalue weighted by atomic mass is 9.99. The van der Waals surface area contributed by atoms with Gasteiger partial charge in [-0.15, -0.1) is 10.2 Å². The molecule has 7 nitrogen and oxygen atoms in total. The monoisotopic (exact) mass is 436 g/mol. The number of aliphatic hydroxyl groups excluding tert-OH is 1. The second kappa shape index (κ2) is 9.33. The third-order valence-electron chi connectivity index (χ3n) is 3.68. The molecule has 0 aliphatic carbocycles. The summed E-state index contributed by atoms with van der Waals surface area (Å²) in [6, 6.07) is 7.04. The topological polar surface area (TPSA) is 97.2 Å². The summed E-state index contributed by atoms with van der Waals surface area (Å²) in [4.78, 5) is 17.1. The number of thioether (sulfide) groups is 1. The first-order chi connectivity index (χ1) is 13.5. The van der Waals surface area contributed by atoms with E-state index in [4.69, 9.17) is 21.4 Å². The number of pyridine rings is 1. The molecule has 28 heavy (non-hydrogen) atoms. The highest BCUT2D eigenvalue weighted by Crippen LogP contribution is 2.35. The summed E-state index contributed by atoms with van der Waals surface area (Å²) >= 11 is 8.78. The van der Waals surface area contributed by atoms with Crippen LogP contribution in [0.1, 0.15) is 16.1 Å². The predicted molar refractivity (Wildman–Crippen MR) is 112 cm³/mol. The lowest BCUT2D eigenvalue weighted by Crippen LogP contribution is -2.14. The van der Waals surface area contributed by atoms with Gasteiger partial charge in [-0.2, -0.15) is 0 Å². The van der Waals surface area contributed by atoms with Gasteiger partial charge in [0.2, 0.25) is 5.13 Å². The number of anilines is 1. The number of carbonyl (C=O) groups excluding carboxylic acids is 1. The number of carbonyl (C=O) groups is 1. The molecule has 3 rings (SSSR count). The van der Waals surface area contributed by atoms with E-state index in [1.54, 1.807) is 25.3 Å². The van der Waals surface area contributed by atoms with Gasteiger partial charge in [0.05, 0.1) is 19.3 Å². The zero-order valence-corrected chi connectivity index (χ0v) is 17.5. The Labute approximate surface area is 175 Å². The van der Waals surface area contributed by atoms with Gasteiger partial charge in [0.15, 0.2) is 4.34 Å². The van der Waals surface area contributed by atoms with Crippen molar-refractivity contribution in [2.75, 3.05) is 24.8 Å². The van der Waals surface area contributed by atoms with Crippen molar-refractivity contribution in [3.05, 3.63) is 46.7 Å². The number of benzene rings is 1. The Bertz CT molecular complexity index is 997. The number of halogens is 1. The molecule has 0 bridgehead atoms. The molecule has 0 atom stereocenters. The maximum absolute atomic E-state index is 12.9. The van der Waals surface area contributed by atoms with Crippen LogP contribution in [0.5, 0.6) is 5.75 Å². The summed E-state index contributed by atoms with van der Waals surface area (Å²) in [5.41, 5.74) is 2.48. The fourth-order valence-electron chi connectivity index (χ4n) is 2.47. The number of aromatic nitrogens is 3. The summed E-state index contributed by atoms with van der Waals surface area (Å²) < 4.78 is 6.10. The third kappa shape index (κ3) is 4.79. The minimum Gasteiger partial charge on any atom is -0.496 e. The van der Waals surface area contributed by atoms with Crippen molar-refractivity contribution in [3.63, 3.8) is 0 Å². The van der Waals surface area contributed by atoms with Gasteiger partial charge in [-0.3, -0.25) is 15.1 Å². The number of methoxy groups -OCH3 is 1. The molecule has 0 saturated heterocycles. The van der Waals surface area contributed by atoms with Crippen LogP contribution in [0, 0.1) is 6.92 Å². The van der Waals surface area contributed by atoms with Crippen LogP contribution < -0.4 is 10.1 Å². The van der Waals surface area contributed by atoms with E-state index in [0.29, 0.717) is 42.7 Å². The first-order valence-electron chi connectivity index (χ1n) is 8.21. The van der Waals surface area contributed by atoms with E-state index in [9.17, 15) is 4.79 Å². The van der Waals surface area contributed by atoms with Gasteiger partial charge >= 0.3 is 0 Å². The van der Waals surface area contributed by atoms with Crippen LogP contribution >= 0.6 is 34.7 Å². The number of rotatable bonds is 7. The molecule has 2 N–H and O–H groups in total. The summed E-state index contributed by atoms with van der Waals surface area (Å²) in [5, 5.41) is 20.5. The van der Waals surface area contributed by atoms with E-state index < -0.39 is 0 Å². The molecule has 1 amide bonds. The van der Waals surface area contributed by atoms with E-state index >= 15 is 0 Å². The minimum atomic E-state index is -0.362. The average Bonchev–Trinajstić information content (AvgIpc) is 3.13. The largest absolute Gasteiger partial charge is 0.496 e. The van der Waals surface area contributed by atoms with Gasteiger partial charge in [0.25, 0.3) is 5.91 Å². The highest BCUT2D eigenvalue weighted by atomic mass is 35.5. The van der Waals surface area contributed by atoms with Crippen LogP contribution in [0.4, 0.5) is 5.13 Å². The molecule has 3 aromatic rings. The fourth-order valence-corrected chi connectivity index (χ4v) is 4.20. The van der Waals surface area contributed by atoms with Crippen LogP contribution in [0.2, 0.25) is 5.02 Å². The SMILES string of the molecule is COc1ccc(Cl)cc1-c1cc(C)ncc1C(=O)Nc1nnc(SCCO)s1. The molecule has 10 heteroatoms. The lowest BCUT2D eigenvalue weighted by Gasteiger charge is -2.13. The molecule has 0 aliphatic heterocycles. The van der Waals surface area contributed by atoms with E-state index in [-0.39, 0.29) is 12.5 Å². The molecule has 2 heterocycles. The first-order valence-corrected chi connectivity index (χ1v) is 10.4. The second-order valence-electron chi connectivity index (χ2n) is 5.62. The Balaban J connectivity index is 1.93. The van der Waals surface area contributed by atoms with Gasteiger partial charge in [-0.25, -0.2) is 0 Å². The number of nitrogens with one attached hydrogen (secondary N) is 1. The molecule has 0 unspecified atom stereocenters. The lowest BCUT2D eigenvalue weighted by molar-refractivity contribution is 0.102. The van der Waals surface area contributed by atoms with Crippen LogP contribution in [0.3, 0.4) is 0 Å². The van der Waals surface area contributed by atoms with Crippen molar-refractivity contribution in [2.45, 2.75) is 11.3 Å². The molecule has 0 fully saturated rings. The quantitative estimate of drug-likeness (QED) is 0.428. The van der Waals surface area contributed by atoms with Crippen LogP contribution in [-0.4, -0.2) is 45.7 Å². The number of nitrogens with zero attached hydrogens (tertiary/aromatic N) is 3. The van der Waals surface area contributed by atoms with Crippen molar-refractivity contribution in [2.24, 2.45) is 0 Å². The maximum Gasteiger partial charge on any atom is 0.259 e. The van der Waals surface area contributed by atoms with E-state index in [1.165, 1.54) is 29.3 Å². The predicted octanol–water partition coefficient (Wildman–Crippen LogP) is 3.91. The summed E-state index contributed by atoms with van der Waals surface area (Å²) in [5.74, 6) is 0.755. The third-order valence-corrected chi connectivity index (χ3v) is 5.87. The highest BCUT2D eigenvalue weighted by molar-refractivity contribution is 8.01. The van der Waals surface area contributed by atoms with Crippen molar-refractivity contribution < 1.29 is 14.6 Å². The molecule has 0 saturated carbocycles. The Morgan fingerprint density at radius 2 is 2.14 bits per heavy atom. The van der Waals surface area contributed by atoms with Crippen molar-refractivity contribution in [1.29, 1.82) is 0 Å². The molecule has 2 aromatic heterocycles. The Kier molecular flexibility index (Phi) is 6.84. The zero-order chi connectivity index (χ0) is 20.1. The van der Waals surface area contributed by atoms with Gasteiger partial charge < -0.3 is 9.84 Å². The number of hydrogen-bond acceptors (Lipinski definition) is 8. The molecule has 0 aliphatic rings. The summed E-state index contributed by atoms with van der Waals surface area (Å²) in [7, 11) is 1.56. The van der Waals surface area contributed by atoms with E-state index in [0.717, 1.165) is 5.69 Å². The van der Waals surface area contributed by atoms with Crippen LogP contribution in [0.25, 0.3) is 11.1 Å². The van der Waals surface area contributed by atoms with E-state index in [2.05, 4.69) is 20.5 Å². The van der Waals surface area contributed by atoms with Gasteiger partial charge in [-0.1, -0.05) is 34.7 Å². The molecule has 0 radical (unpaired) electrons. The minimum absolute atomic E-state index is 0.0474. The molecular formula is C18H17ClN4O3S2. The Hall–Kier alpha value is -2.20. The number of amides is 1. The highest BCUT2D eigenvalue weighted by Gasteiger charge is 2.19. The fraction of sp³-hybridized carbons (Fsp3) is 0.222. The van der Waals surface area contributed by atoms with E-state index in [1.807, 2.05) is 13.0 Å². The molecule has 146 valence electrons. The maximum atomic E-state index is 12.9. The summed E-state index contributed by atoms with van der Waals surface area (Å²) in [6.45, 7) is 1.89. The van der Waals surface area contributed by atoms with Crippen LogP contribution in [0.15, 0.2) is 34.8 Å². The van der Waals surface area contributed by atoms with Crippen LogP contribution in [-0.2, 0) is 0 Å².